The monoisotopic (exact) mass is 481 g/mol. The van der Waals surface area contributed by atoms with E-state index in [-0.39, 0.29) is 42.7 Å². The Hall–Kier alpha value is -2.35. The standard InChI is InChI=1S/C23H31N5O2.2ClH/c1-15-19(8-9-21(24)27-15)14-26-22(29)16(2)28-23(30)20-13-18(10-11-25-20)12-17-6-4-3-5-7-17;;/h3-9,16,18,20,25H,10-14H2,1-2H3,(H2,24,27)(H,26,29)(H,28,30);2*1H/t16-,18-,20-;;/m0../s1. The molecule has 9 heteroatoms. The summed E-state index contributed by atoms with van der Waals surface area (Å²) in [7, 11) is 0. The second-order valence-electron chi connectivity index (χ2n) is 8.02. The van der Waals surface area contributed by atoms with Gasteiger partial charge < -0.3 is 21.7 Å². The molecule has 0 spiro atoms. The van der Waals surface area contributed by atoms with Gasteiger partial charge in [0.05, 0.1) is 6.04 Å². The molecule has 2 aromatic rings. The number of anilines is 1. The first kappa shape index (κ1) is 27.7. The fraction of sp³-hybridized carbons (Fsp3) is 0.435. The first-order valence-corrected chi connectivity index (χ1v) is 10.5. The van der Waals surface area contributed by atoms with Gasteiger partial charge in [-0.1, -0.05) is 36.4 Å². The van der Waals surface area contributed by atoms with Crippen LogP contribution in [-0.4, -0.2) is 35.4 Å². The fourth-order valence-electron chi connectivity index (χ4n) is 3.84. The van der Waals surface area contributed by atoms with Crippen molar-refractivity contribution in [3.63, 3.8) is 0 Å². The SMILES string of the molecule is Cc1nc(N)ccc1CNC(=O)[C@H](C)NC(=O)[C@@H]1C[C@H](Cc2ccccc2)CCN1.Cl.Cl. The van der Waals surface area contributed by atoms with E-state index in [1.54, 1.807) is 13.0 Å². The zero-order chi connectivity index (χ0) is 21.5. The Bertz CT molecular complexity index is 882. The number of halogens is 2. The molecule has 0 saturated carbocycles. The zero-order valence-electron chi connectivity index (χ0n) is 18.5. The van der Waals surface area contributed by atoms with Crippen molar-refractivity contribution in [3.05, 3.63) is 59.3 Å². The number of hydrogen-bond donors (Lipinski definition) is 4. The van der Waals surface area contributed by atoms with E-state index in [1.165, 1.54) is 5.56 Å². The number of aryl methyl sites for hydroxylation is 1. The molecule has 1 fully saturated rings. The number of nitrogens with two attached hydrogens (primary N) is 1. The zero-order valence-corrected chi connectivity index (χ0v) is 20.1. The van der Waals surface area contributed by atoms with Crippen molar-refractivity contribution in [2.24, 2.45) is 5.92 Å². The highest BCUT2D eigenvalue weighted by molar-refractivity contribution is 5.89. The summed E-state index contributed by atoms with van der Waals surface area (Å²) in [4.78, 5) is 29.3. The summed E-state index contributed by atoms with van der Waals surface area (Å²) >= 11 is 0. The number of amides is 2. The minimum Gasteiger partial charge on any atom is -0.384 e. The van der Waals surface area contributed by atoms with Crippen LogP contribution in [0.2, 0.25) is 0 Å². The quantitative estimate of drug-likeness (QED) is 0.485. The third-order valence-electron chi connectivity index (χ3n) is 5.62. The molecule has 2 amide bonds. The fourth-order valence-corrected chi connectivity index (χ4v) is 3.84. The van der Waals surface area contributed by atoms with Gasteiger partial charge in [-0.25, -0.2) is 4.98 Å². The van der Waals surface area contributed by atoms with Gasteiger partial charge in [0.25, 0.3) is 0 Å². The molecule has 5 N–H and O–H groups in total. The number of hydrogen-bond acceptors (Lipinski definition) is 5. The van der Waals surface area contributed by atoms with Crippen LogP contribution in [0.5, 0.6) is 0 Å². The molecule has 0 aliphatic carbocycles. The van der Waals surface area contributed by atoms with Crippen molar-refractivity contribution in [1.29, 1.82) is 0 Å². The molecule has 1 aromatic carbocycles. The number of nitrogens with zero attached hydrogens (tertiary/aromatic N) is 1. The normalized spacial score (nSPS) is 18.4. The van der Waals surface area contributed by atoms with Crippen LogP contribution < -0.4 is 21.7 Å². The van der Waals surface area contributed by atoms with Crippen molar-refractivity contribution in [3.8, 4) is 0 Å². The summed E-state index contributed by atoms with van der Waals surface area (Å²) < 4.78 is 0. The van der Waals surface area contributed by atoms with Gasteiger partial charge in [0.15, 0.2) is 0 Å². The molecular weight excluding hydrogens is 449 g/mol. The molecular formula is C23H33Cl2N5O2. The van der Waals surface area contributed by atoms with E-state index in [0.29, 0.717) is 18.3 Å². The van der Waals surface area contributed by atoms with Crippen LogP contribution in [0.15, 0.2) is 42.5 Å². The number of rotatable bonds is 7. The molecule has 1 saturated heterocycles. The molecule has 7 nitrogen and oxygen atoms in total. The largest absolute Gasteiger partial charge is 0.384 e. The Morgan fingerprint density at radius 2 is 1.91 bits per heavy atom. The number of pyridine rings is 1. The molecule has 1 aromatic heterocycles. The Balaban J connectivity index is 0.00000256. The van der Waals surface area contributed by atoms with Gasteiger partial charge >= 0.3 is 0 Å². The third-order valence-corrected chi connectivity index (χ3v) is 5.62. The summed E-state index contributed by atoms with van der Waals surface area (Å²) in [6.07, 6.45) is 2.78. The molecule has 0 bridgehead atoms. The van der Waals surface area contributed by atoms with Crippen LogP contribution in [0.4, 0.5) is 5.82 Å². The van der Waals surface area contributed by atoms with Gasteiger partial charge in [-0.3, -0.25) is 9.59 Å². The van der Waals surface area contributed by atoms with E-state index in [0.717, 1.165) is 37.1 Å². The lowest BCUT2D eigenvalue weighted by Crippen LogP contribution is -2.53. The summed E-state index contributed by atoms with van der Waals surface area (Å²) in [5, 5.41) is 8.98. The first-order chi connectivity index (χ1) is 14.4. The Kier molecular flexibility index (Phi) is 11.5. The molecule has 0 radical (unpaired) electrons. The van der Waals surface area contributed by atoms with Crippen LogP contribution in [0, 0.1) is 12.8 Å². The topological polar surface area (TPSA) is 109 Å². The average molecular weight is 482 g/mol. The lowest BCUT2D eigenvalue weighted by molar-refractivity contribution is -0.130. The number of carbonyl (C=O) groups is 2. The highest BCUT2D eigenvalue weighted by Crippen LogP contribution is 2.21. The van der Waals surface area contributed by atoms with E-state index in [2.05, 4.69) is 33.1 Å². The molecule has 1 aliphatic rings. The maximum Gasteiger partial charge on any atom is 0.242 e. The molecule has 176 valence electrons. The minimum absolute atomic E-state index is 0. The van der Waals surface area contributed by atoms with Crippen molar-refractivity contribution >= 4 is 42.4 Å². The highest BCUT2D eigenvalue weighted by atomic mass is 35.5. The van der Waals surface area contributed by atoms with Gasteiger partial charge in [-0.05, 0) is 62.8 Å². The van der Waals surface area contributed by atoms with Gasteiger partial charge in [0.1, 0.15) is 11.9 Å². The van der Waals surface area contributed by atoms with Crippen LogP contribution in [0.25, 0.3) is 0 Å². The smallest absolute Gasteiger partial charge is 0.242 e. The second-order valence-corrected chi connectivity index (χ2v) is 8.02. The number of nitrogens with one attached hydrogen (secondary N) is 3. The van der Waals surface area contributed by atoms with Gasteiger partial charge in [-0.15, -0.1) is 24.8 Å². The van der Waals surface area contributed by atoms with Gasteiger partial charge in [-0.2, -0.15) is 0 Å². The molecule has 32 heavy (non-hydrogen) atoms. The summed E-state index contributed by atoms with van der Waals surface area (Å²) in [6.45, 7) is 4.70. The average Bonchev–Trinajstić information content (AvgIpc) is 2.73. The maximum absolute atomic E-state index is 12.7. The number of benzene rings is 1. The van der Waals surface area contributed by atoms with E-state index in [9.17, 15) is 9.59 Å². The van der Waals surface area contributed by atoms with Crippen LogP contribution in [0.3, 0.4) is 0 Å². The Morgan fingerprint density at radius 3 is 2.59 bits per heavy atom. The van der Waals surface area contributed by atoms with E-state index in [1.807, 2.05) is 31.2 Å². The van der Waals surface area contributed by atoms with Crippen molar-refractivity contribution in [1.82, 2.24) is 20.9 Å². The number of aromatic nitrogens is 1. The summed E-state index contributed by atoms with van der Waals surface area (Å²) in [5.41, 5.74) is 8.63. The maximum atomic E-state index is 12.7. The van der Waals surface area contributed by atoms with Gasteiger partial charge in [0.2, 0.25) is 11.8 Å². The van der Waals surface area contributed by atoms with Crippen LogP contribution in [0.1, 0.15) is 36.6 Å². The minimum atomic E-state index is -0.615. The molecule has 1 aliphatic heterocycles. The number of carbonyl (C=O) groups excluding carboxylic acids is 2. The lowest BCUT2D eigenvalue weighted by atomic mass is 9.87. The molecule has 3 rings (SSSR count). The molecule has 2 heterocycles. The predicted molar refractivity (Wildman–Crippen MR) is 132 cm³/mol. The van der Waals surface area contributed by atoms with E-state index >= 15 is 0 Å². The third kappa shape index (κ3) is 7.97. The predicted octanol–water partition coefficient (Wildman–Crippen LogP) is 2.55. The molecule has 0 unspecified atom stereocenters. The van der Waals surface area contributed by atoms with E-state index < -0.39 is 6.04 Å². The van der Waals surface area contributed by atoms with Crippen LogP contribution >= 0.6 is 24.8 Å². The summed E-state index contributed by atoms with van der Waals surface area (Å²) in [6, 6.07) is 13.0. The van der Waals surface area contributed by atoms with Crippen molar-refractivity contribution < 1.29 is 9.59 Å². The van der Waals surface area contributed by atoms with Crippen molar-refractivity contribution in [2.75, 3.05) is 12.3 Å². The number of piperidine rings is 1. The molecule has 3 atom stereocenters. The lowest BCUT2D eigenvalue weighted by Gasteiger charge is -2.30. The summed E-state index contributed by atoms with van der Waals surface area (Å²) in [5.74, 6) is 0.556. The highest BCUT2D eigenvalue weighted by Gasteiger charge is 2.28. The van der Waals surface area contributed by atoms with E-state index in [4.69, 9.17) is 5.73 Å². The Morgan fingerprint density at radius 1 is 1.19 bits per heavy atom. The second kappa shape index (κ2) is 13.3. The van der Waals surface area contributed by atoms with Crippen LogP contribution in [-0.2, 0) is 22.6 Å². The number of nitrogen functional groups attached to an aromatic ring is 1. The Labute approximate surface area is 202 Å². The first-order valence-electron chi connectivity index (χ1n) is 10.5. The van der Waals surface area contributed by atoms with Gasteiger partial charge in [0, 0.05) is 12.2 Å². The van der Waals surface area contributed by atoms with Crippen molar-refractivity contribution in [2.45, 2.75) is 51.7 Å².